The van der Waals surface area contributed by atoms with Gasteiger partial charge >= 0.3 is 0 Å². The summed E-state index contributed by atoms with van der Waals surface area (Å²) in [5.41, 5.74) is 3.28. The Morgan fingerprint density at radius 1 is 1.00 bits per heavy atom. The van der Waals surface area contributed by atoms with Gasteiger partial charge in [-0.05, 0) is 29.2 Å². The van der Waals surface area contributed by atoms with E-state index in [1.165, 1.54) is 17.2 Å². The van der Waals surface area contributed by atoms with Crippen molar-refractivity contribution in [3.05, 3.63) is 71.0 Å². The minimum absolute atomic E-state index is 0. The van der Waals surface area contributed by atoms with Gasteiger partial charge in [-0.3, -0.25) is 9.89 Å². The highest BCUT2D eigenvalue weighted by molar-refractivity contribution is 14.0. The van der Waals surface area contributed by atoms with Crippen LogP contribution in [0.15, 0.2) is 53.5 Å². The Bertz CT molecular complexity index is 781. The summed E-state index contributed by atoms with van der Waals surface area (Å²) in [6, 6.07) is 15.4. The Hall–Kier alpha value is -1.71. The zero-order valence-electron chi connectivity index (χ0n) is 16.9. The van der Waals surface area contributed by atoms with Crippen LogP contribution in [-0.2, 0) is 24.2 Å². The molecular formula is C22H30FIN4O. The van der Waals surface area contributed by atoms with Gasteiger partial charge in [0.2, 0.25) is 0 Å². The fourth-order valence-corrected chi connectivity index (χ4v) is 3.30. The number of nitrogens with one attached hydrogen (secondary N) is 2. The summed E-state index contributed by atoms with van der Waals surface area (Å²) in [6.45, 7) is 5.80. The smallest absolute Gasteiger partial charge is 0.191 e. The number of nitrogens with zero attached hydrogens (tertiary/aromatic N) is 2. The molecule has 7 heteroatoms. The van der Waals surface area contributed by atoms with Crippen molar-refractivity contribution >= 4 is 29.9 Å². The number of aliphatic imine (C=N–C) groups is 1. The van der Waals surface area contributed by atoms with Crippen molar-refractivity contribution in [3.63, 3.8) is 0 Å². The SMILES string of the molecule is CN=C(NCCc1ccccc1F)NCc1ccccc1CN1CCOCC1.I. The van der Waals surface area contributed by atoms with Gasteiger partial charge in [0, 0.05) is 39.8 Å². The molecule has 0 aliphatic carbocycles. The predicted molar refractivity (Wildman–Crippen MR) is 126 cm³/mol. The van der Waals surface area contributed by atoms with Crippen LogP contribution in [0.2, 0.25) is 0 Å². The molecule has 0 aromatic heterocycles. The monoisotopic (exact) mass is 512 g/mol. The quantitative estimate of drug-likeness (QED) is 0.340. The molecule has 2 aromatic rings. The van der Waals surface area contributed by atoms with Gasteiger partial charge in [0.25, 0.3) is 0 Å². The number of guanidine groups is 1. The van der Waals surface area contributed by atoms with Gasteiger partial charge < -0.3 is 15.4 Å². The lowest BCUT2D eigenvalue weighted by atomic mass is 10.1. The Labute approximate surface area is 189 Å². The Balaban J connectivity index is 0.00000300. The summed E-state index contributed by atoms with van der Waals surface area (Å²) in [5.74, 6) is 0.557. The predicted octanol–water partition coefficient (Wildman–Crippen LogP) is 3.18. The zero-order valence-corrected chi connectivity index (χ0v) is 19.2. The van der Waals surface area contributed by atoms with Crippen LogP contribution in [0.25, 0.3) is 0 Å². The maximum absolute atomic E-state index is 13.7. The first-order valence-electron chi connectivity index (χ1n) is 9.81. The molecule has 0 unspecified atom stereocenters. The first kappa shape index (κ1) is 23.6. The molecule has 29 heavy (non-hydrogen) atoms. The van der Waals surface area contributed by atoms with Crippen LogP contribution < -0.4 is 10.6 Å². The standard InChI is InChI=1S/C22H29FN4O.HI/c1-24-22(25-11-10-18-6-4-5-9-21(18)23)26-16-19-7-2-3-8-20(19)17-27-12-14-28-15-13-27;/h2-9H,10-17H2,1H3,(H2,24,25,26);1H. The molecule has 0 bridgehead atoms. The minimum Gasteiger partial charge on any atom is -0.379 e. The van der Waals surface area contributed by atoms with E-state index in [1.807, 2.05) is 12.1 Å². The number of rotatable bonds is 7. The third-order valence-electron chi connectivity index (χ3n) is 4.93. The lowest BCUT2D eigenvalue weighted by Gasteiger charge is -2.27. The molecule has 1 aliphatic heterocycles. The molecule has 1 fully saturated rings. The van der Waals surface area contributed by atoms with E-state index in [-0.39, 0.29) is 29.8 Å². The van der Waals surface area contributed by atoms with Crippen molar-refractivity contribution in [2.24, 2.45) is 4.99 Å². The summed E-state index contributed by atoms with van der Waals surface area (Å²) in [6.07, 6.45) is 0.612. The van der Waals surface area contributed by atoms with Crippen LogP contribution in [0, 0.1) is 5.82 Å². The normalized spacial score (nSPS) is 14.9. The van der Waals surface area contributed by atoms with Gasteiger partial charge in [0.15, 0.2) is 5.96 Å². The number of morpholine rings is 1. The Kier molecular flexibility index (Phi) is 10.4. The molecule has 5 nitrogen and oxygen atoms in total. The van der Waals surface area contributed by atoms with Gasteiger partial charge in [-0.15, -0.1) is 24.0 Å². The molecule has 0 spiro atoms. The van der Waals surface area contributed by atoms with Gasteiger partial charge in [0.1, 0.15) is 5.82 Å². The molecule has 0 amide bonds. The van der Waals surface area contributed by atoms with Crippen LogP contribution in [0.3, 0.4) is 0 Å². The second-order valence-electron chi connectivity index (χ2n) is 6.85. The maximum Gasteiger partial charge on any atom is 0.191 e. The van der Waals surface area contributed by atoms with Crippen molar-refractivity contribution in [1.29, 1.82) is 0 Å². The molecule has 158 valence electrons. The van der Waals surface area contributed by atoms with E-state index in [2.05, 4.69) is 44.8 Å². The van der Waals surface area contributed by atoms with Gasteiger partial charge in [0.05, 0.1) is 13.2 Å². The Morgan fingerprint density at radius 3 is 2.34 bits per heavy atom. The van der Waals surface area contributed by atoms with E-state index in [9.17, 15) is 4.39 Å². The molecule has 3 rings (SSSR count). The van der Waals surface area contributed by atoms with Crippen molar-refractivity contribution in [1.82, 2.24) is 15.5 Å². The van der Waals surface area contributed by atoms with Crippen LogP contribution in [0.5, 0.6) is 0 Å². The number of hydrogen-bond donors (Lipinski definition) is 2. The Morgan fingerprint density at radius 2 is 1.66 bits per heavy atom. The van der Waals surface area contributed by atoms with E-state index in [4.69, 9.17) is 4.74 Å². The molecule has 2 N–H and O–H groups in total. The van der Waals surface area contributed by atoms with Crippen LogP contribution in [0.1, 0.15) is 16.7 Å². The average Bonchev–Trinajstić information content (AvgIpc) is 2.73. The third kappa shape index (κ3) is 7.56. The highest BCUT2D eigenvalue weighted by atomic mass is 127. The summed E-state index contributed by atoms with van der Waals surface area (Å²) in [7, 11) is 1.75. The first-order chi connectivity index (χ1) is 13.8. The summed E-state index contributed by atoms with van der Waals surface area (Å²) >= 11 is 0. The zero-order chi connectivity index (χ0) is 19.6. The van der Waals surface area contributed by atoms with Crippen LogP contribution >= 0.6 is 24.0 Å². The van der Waals surface area contributed by atoms with Crippen LogP contribution in [0.4, 0.5) is 4.39 Å². The second-order valence-corrected chi connectivity index (χ2v) is 6.85. The maximum atomic E-state index is 13.7. The number of halogens is 2. The lowest BCUT2D eigenvalue weighted by molar-refractivity contribution is 0.0341. The van der Waals surface area contributed by atoms with E-state index < -0.39 is 0 Å². The van der Waals surface area contributed by atoms with Gasteiger partial charge in [-0.25, -0.2) is 4.39 Å². The van der Waals surface area contributed by atoms with Gasteiger partial charge in [-0.1, -0.05) is 42.5 Å². The molecule has 0 radical (unpaired) electrons. The topological polar surface area (TPSA) is 48.9 Å². The molecule has 0 saturated carbocycles. The van der Waals surface area contributed by atoms with E-state index in [0.717, 1.165) is 38.8 Å². The van der Waals surface area contributed by atoms with Crippen LogP contribution in [-0.4, -0.2) is 50.8 Å². The van der Waals surface area contributed by atoms with Crippen molar-refractivity contribution in [2.75, 3.05) is 39.9 Å². The third-order valence-corrected chi connectivity index (χ3v) is 4.93. The van der Waals surface area contributed by atoms with E-state index >= 15 is 0 Å². The number of ether oxygens (including phenoxy) is 1. The molecule has 1 aliphatic rings. The summed E-state index contributed by atoms with van der Waals surface area (Å²) in [4.78, 5) is 6.70. The molecule has 2 aromatic carbocycles. The highest BCUT2D eigenvalue weighted by Crippen LogP contribution is 2.13. The minimum atomic E-state index is -0.163. The number of hydrogen-bond acceptors (Lipinski definition) is 3. The first-order valence-corrected chi connectivity index (χ1v) is 9.81. The molecule has 1 saturated heterocycles. The van der Waals surface area contributed by atoms with Crippen molar-refractivity contribution < 1.29 is 9.13 Å². The van der Waals surface area contributed by atoms with Crippen molar-refractivity contribution in [3.8, 4) is 0 Å². The van der Waals surface area contributed by atoms with Gasteiger partial charge in [-0.2, -0.15) is 0 Å². The lowest BCUT2D eigenvalue weighted by Crippen LogP contribution is -2.38. The summed E-state index contributed by atoms with van der Waals surface area (Å²) < 4.78 is 19.2. The number of benzene rings is 2. The van der Waals surface area contributed by atoms with Crippen molar-refractivity contribution in [2.45, 2.75) is 19.5 Å². The molecule has 0 atom stereocenters. The highest BCUT2D eigenvalue weighted by Gasteiger charge is 2.12. The van der Waals surface area contributed by atoms with E-state index in [0.29, 0.717) is 25.1 Å². The van der Waals surface area contributed by atoms with E-state index in [1.54, 1.807) is 13.1 Å². The fraction of sp³-hybridized carbons (Fsp3) is 0.409. The second kappa shape index (κ2) is 12.8. The largest absolute Gasteiger partial charge is 0.379 e. The average molecular weight is 512 g/mol. The molecular weight excluding hydrogens is 482 g/mol. The molecule has 1 heterocycles. The summed E-state index contributed by atoms with van der Waals surface area (Å²) in [5, 5.41) is 6.63. The fourth-order valence-electron chi connectivity index (χ4n) is 3.30.